The van der Waals surface area contributed by atoms with Gasteiger partial charge in [-0.05, 0) is 44.3 Å². The minimum absolute atomic E-state index is 0.0884. The van der Waals surface area contributed by atoms with Crippen LogP contribution in [0.4, 0.5) is 0 Å². The fourth-order valence-electron chi connectivity index (χ4n) is 4.39. The van der Waals surface area contributed by atoms with E-state index in [4.69, 9.17) is 9.47 Å². The first kappa shape index (κ1) is 34.7. The van der Waals surface area contributed by atoms with Gasteiger partial charge in [0.25, 0.3) is 0 Å². The molecule has 0 aromatic heterocycles. The third-order valence-corrected chi connectivity index (χ3v) is 7.04. The van der Waals surface area contributed by atoms with Crippen LogP contribution in [0.2, 0.25) is 0 Å². The van der Waals surface area contributed by atoms with Gasteiger partial charge in [-0.1, -0.05) is 64.2 Å². The van der Waals surface area contributed by atoms with Crippen molar-refractivity contribution in [2.24, 2.45) is 17.8 Å². The lowest BCUT2D eigenvalue weighted by Crippen LogP contribution is -2.40. The molecule has 5 N–H and O–H groups in total. The summed E-state index contributed by atoms with van der Waals surface area (Å²) in [5.74, 6) is -2.10. The first-order valence-electron chi connectivity index (χ1n) is 13.6. The third kappa shape index (κ3) is 11.8. The maximum Gasteiger partial charge on any atom is 0.309 e. The van der Waals surface area contributed by atoms with Crippen molar-refractivity contribution in [2.45, 2.75) is 110 Å². The van der Waals surface area contributed by atoms with Gasteiger partial charge in [0.1, 0.15) is 11.7 Å². The van der Waals surface area contributed by atoms with E-state index in [1.54, 1.807) is 38.2 Å². The molecule has 222 valence electrons. The molecule has 0 amide bonds. The van der Waals surface area contributed by atoms with E-state index >= 15 is 0 Å². The number of hydrogen-bond acceptors (Lipinski definition) is 9. The van der Waals surface area contributed by atoms with Gasteiger partial charge in [-0.3, -0.25) is 9.59 Å². The van der Waals surface area contributed by atoms with Crippen LogP contribution in [-0.4, -0.2) is 79.7 Å². The number of esters is 2. The average Bonchev–Trinajstić information content (AvgIpc) is 2.85. The lowest BCUT2D eigenvalue weighted by molar-refractivity contribution is -0.152. The van der Waals surface area contributed by atoms with Crippen LogP contribution >= 0.6 is 0 Å². The molecule has 0 aromatic carbocycles. The molecule has 0 aliphatic carbocycles. The molecule has 0 bridgehead atoms. The molecule has 1 aliphatic heterocycles. The molecule has 0 fully saturated rings. The van der Waals surface area contributed by atoms with E-state index in [0.29, 0.717) is 18.4 Å². The van der Waals surface area contributed by atoms with E-state index in [9.17, 15) is 35.1 Å². The van der Waals surface area contributed by atoms with Crippen molar-refractivity contribution in [3.8, 4) is 0 Å². The van der Waals surface area contributed by atoms with Crippen molar-refractivity contribution >= 4 is 11.9 Å². The molecule has 0 radical (unpaired) electrons. The summed E-state index contributed by atoms with van der Waals surface area (Å²) in [4.78, 5) is 24.2. The van der Waals surface area contributed by atoms with Crippen molar-refractivity contribution in [3.63, 3.8) is 0 Å². The fraction of sp³-hybridized carbons (Fsp3) is 0.667. The summed E-state index contributed by atoms with van der Waals surface area (Å²) in [5, 5.41) is 51.8. The second-order valence-electron chi connectivity index (χ2n) is 10.9. The molecule has 9 nitrogen and oxygen atoms in total. The number of allylic oxidation sites excluding steroid dienone is 3. The molecular weight excluding hydrogens is 504 g/mol. The van der Waals surface area contributed by atoms with Crippen molar-refractivity contribution in [2.75, 3.05) is 0 Å². The maximum atomic E-state index is 12.5. The van der Waals surface area contributed by atoms with E-state index in [1.165, 1.54) is 26.0 Å². The Morgan fingerprint density at radius 1 is 1.18 bits per heavy atom. The molecular formula is C30H48O9. The Bertz CT molecular complexity index is 904. The zero-order valence-corrected chi connectivity index (χ0v) is 24.2. The van der Waals surface area contributed by atoms with Gasteiger partial charge >= 0.3 is 11.9 Å². The van der Waals surface area contributed by atoms with Gasteiger partial charge < -0.3 is 35.0 Å². The molecule has 0 aromatic rings. The number of carbonyl (C=O) groups is 2. The summed E-state index contributed by atoms with van der Waals surface area (Å²) in [6, 6.07) is 0. The van der Waals surface area contributed by atoms with E-state index in [-0.39, 0.29) is 18.3 Å². The van der Waals surface area contributed by atoms with Crippen molar-refractivity contribution in [1.82, 2.24) is 0 Å². The van der Waals surface area contributed by atoms with Gasteiger partial charge in [-0.15, -0.1) is 0 Å². The number of hydrogen-bond donors (Lipinski definition) is 5. The average molecular weight is 553 g/mol. The summed E-state index contributed by atoms with van der Waals surface area (Å²) in [6.45, 7) is 11.7. The van der Waals surface area contributed by atoms with Crippen LogP contribution in [-0.2, 0) is 19.1 Å². The van der Waals surface area contributed by atoms with Crippen molar-refractivity contribution in [3.05, 3.63) is 48.1 Å². The third-order valence-electron chi connectivity index (χ3n) is 7.04. The largest absolute Gasteiger partial charge is 0.457 e. The number of carbonyl (C=O) groups excluding carboxylic acids is 2. The van der Waals surface area contributed by atoms with Crippen LogP contribution < -0.4 is 0 Å². The fourth-order valence-corrected chi connectivity index (χ4v) is 4.39. The van der Waals surface area contributed by atoms with E-state index in [0.717, 1.165) is 0 Å². The highest BCUT2D eigenvalue weighted by molar-refractivity contribution is 5.71. The van der Waals surface area contributed by atoms with E-state index < -0.39 is 60.1 Å². The van der Waals surface area contributed by atoms with Gasteiger partial charge in [0.05, 0.1) is 30.8 Å². The Hall–Kier alpha value is -2.30. The number of rotatable bonds is 10. The minimum atomic E-state index is -1.62. The molecule has 1 aliphatic rings. The summed E-state index contributed by atoms with van der Waals surface area (Å²) in [6.07, 6.45) is 6.07. The quantitative estimate of drug-likeness (QED) is 0.156. The Morgan fingerprint density at radius 3 is 2.41 bits per heavy atom. The van der Waals surface area contributed by atoms with Crippen LogP contribution in [0.15, 0.2) is 48.1 Å². The molecule has 0 spiro atoms. The molecule has 1 heterocycles. The van der Waals surface area contributed by atoms with Gasteiger partial charge in [0.15, 0.2) is 6.10 Å². The Labute approximate surface area is 232 Å². The highest BCUT2D eigenvalue weighted by Gasteiger charge is 2.32. The van der Waals surface area contributed by atoms with Gasteiger partial charge in [0.2, 0.25) is 0 Å². The topological polar surface area (TPSA) is 154 Å². The molecule has 10 atom stereocenters. The van der Waals surface area contributed by atoms with E-state index in [2.05, 4.69) is 0 Å². The maximum absolute atomic E-state index is 12.5. The lowest BCUT2D eigenvalue weighted by atomic mass is 9.88. The van der Waals surface area contributed by atoms with Crippen LogP contribution in [0.1, 0.15) is 67.7 Å². The first-order chi connectivity index (χ1) is 18.1. The van der Waals surface area contributed by atoms with E-state index in [1.807, 2.05) is 26.8 Å². The predicted molar refractivity (Wildman–Crippen MR) is 148 cm³/mol. The first-order valence-corrected chi connectivity index (χ1v) is 13.6. The highest BCUT2D eigenvalue weighted by Crippen LogP contribution is 2.25. The Kier molecular flexibility index (Phi) is 14.3. The van der Waals surface area contributed by atoms with Gasteiger partial charge in [-0.2, -0.15) is 0 Å². The Morgan fingerprint density at radius 2 is 1.82 bits per heavy atom. The zero-order chi connectivity index (χ0) is 29.9. The molecule has 10 unspecified atom stereocenters. The summed E-state index contributed by atoms with van der Waals surface area (Å²) in [5.41, 5.74) is -0.905. The zero-order valence-electron chi connectivity index (χ0n) is 24.2. The normalized spacial score (nSPS) is 32.6. The number of aliphatic hydroxyl groups is 5. The van der Waals surface area contributed by atoms with Gasteiger partial charge in [-0.25, -0.2) is 0 Å². The summed E-state index contributed by atoms with van der Waals surface area (Å²) < 4.78 is 11.0. The smallest absolute Gasteiger partial charge is 0.309 e. The lowest BCUT2D eigenvalue weighted by Gasteiger charge is -2.29. The molecule has 0 saturated heterocycles. The monoisotopic (exact) mass is 552 g/mol. The predicted octanol–water partition coefficient (Wildman–Crippen LogP) is 2.75. The van der Waals surface area contributed by atoms with Crippen LogP contribution in [0.25, 0.3) is 0 Å². The second kappa shape index (κ2) is 16.1. The van der Waals surface area contributed by atoms with Crippen molar-refractivity contribution < 1.29 is 44.6 Å². The second-order valence-corrected chi connectivity index (χ2v) is 10.9. The number of aliphatic hydroxyl groups excluding tert-OH is 4. The van der Waals surface area contributed by atoms with Crippen molar-refractivity contribution in [1.29, 1.82) is 0 Å². The Balaban J connectivity index is 3.09. The minimum Gasteiger partial charge on any atom is -0.457 e. The number of cyclic esters (lactones) is 1. The molecule has 1 rings (SSSR count). The standard InChI is InChI=1S/C30H48O9/c1-8-24(33)21(5)28(36)25(34)16-18(2)10-9-11-19(3)29-20(4)12-13-26(38-22(6)31)30(7,37)15-14-23(32)17-27(35)39-29/h9-15,18,20-21,23-26,28-29,32-34,36-37H,8,16-17H2,1-7H3/b10-9+,13-12-,15-14-,19-11+. The molecule has 39 heavy (non-hydrogen) atoms. The molecule has 0 saturated carbocycles. The van der Waals surface area contributed by atoms with Crippen LogP contribution in [0, 0.1) is 17.8 Å². The summed E-state index contributed by atoms with van der Waals surface area (Å²) in [7, 11) is 0. The molecule has 9 heteroatoms. The van der Waals surface area contributed by atoms with Crippen LogP contribution in [0.5, 0.6) is 0 Å². The number of ether oxygens (including phenoxy) is 2. The highest BCUT2D eigenvalue weighted by atomic mass is 16.6. The summed E-state index contributed by atoms with van der Waals surface area (Å²) >= 11 is 0. The van der Waals surface area contributed by atoms with Gasteiger partial charge in [0, 0.05) is 18.8 Å². The van der Waals surface area contributed by atoms with Crippen LogP contribution in [0.3, 0.4) is 0 Å². The SMILES string of the molecule is CCC(O)C(C)C(O)C(O)CC(C)/C=C/C=C(\C)C1OC(=O)CC(O)/C=C\C(C)(O)C(OC(C)=O)/C=C\C1C.